The van der Waals surface area contributed by atoms with Crippen LogP contribution < -0.4 is 16.0 Å². The lowest BCUT2D eigenvalue weighted by molar-refractivity contribution is -0.137. The Morgan fingerprint density at radius 3 is 2.53 bits per heavy atom. The third kappa shape index (κ3) is 4.66. The Morgan fingerprint density at radius 2 is 1.84 bits per heavy atom. The minimum absolute atomic E-state index is 0.120. The molecule has 2 heterocycles. The lowest BCUT2D eigenvalue weighted by Gasteiger charge is -2.29. The Balaban J connectivity index is 1.72. The number of amides is 2. The second kappa shape index (κ2) is 8.86. The summed E-state index contributed by atoms with van der Waals surface area (Å²) >= 11 is 0. The molecule has 32 heavy (non-hydrogen) atoms. The van der Waals surface area contributed by atoms with Gasteiger partial charge in [0.1, 0.15) is 5.82 Å². The Hall–Kier alpha value is -3.62. The van der Waals surface area contributed by atoms with Crippen molar-refractivity contribution in [1.82, 2.24) is 9.97 Å². The Bertz CT molecular complexity index is 1100. The first-order chi connectivity index (χ1) is 15.3. The monoisotopic (exact) mass is 441 g/mol. The van der Waals surface area contributed by atoms with Crippen molar-refractivity contribution in [2.24, 2.45) is 0 Å². The molecule has 3 aromatic rings. The molecule has 0 radical (unpaired) electrons. The van der Waals surface area contributed by atoms with Gasteiger partial charge in [0.2, 0.25) is 0 Å². The first kappa shape index (κ1) is 21.6. The molecule has 4 rings (SSSR count). The van der Waals surface area contributed by atoms with Crippen LogP contribution in [0.15, 0.2) is 60.8 Å². The van der Waals surface area contributed by atoms with Gasteiger partial charge in [-0.05, 0) is 49.2 Å². The van der Waals surface area contributed by atoms with Crippen LogP contribution in [0.1, 0.15) is 31.2 Å². The normalized spacial score (nSPS) is 14.3. The van der Waals surface area contributed by atoms with Gasteiger partial charge in [0.05, 0.1) is 16.9 Å². The fourth-order valence-corrected chi connectivity index (χ4v) is 3.87. The van der Waals surface area contributed by atoms with Crippen LogP contribution in [-0.4, -0.2) is 22.0 Å². The van der Waals surface area contributed by atoms with Gasteiger partial charge in [-0.2, -0.15) is 13.2 Å². The van der Waals surface area contributed by atoms with Crippen LogP contribution >= 0.6 is 0 Å². The molecule has 1 aliphatic carbocycles. The zero-order chi connectivity index (χ0) is 22.7. The maximum Gasteiger partial charge on any atom is 0.416 e. The molecule has 0 aliphatic heterocycles. The van der Waals surface area contributed by atoms with Crippen molar-refractivity contribution in [1.29, 1.82) is 0 Å². The number of alkyl halides is 3. The highest BCUT2D eigenvalue weighted by atomic mass is 19.4. The molecule has 0 bridgehead atoms. The molecule has 1 aromatic carbocycles. The van der Waals surface area contributed by atoms with E-state index in [2.05, 4.69) is 15.3 Å². The van der Waals surface area contributed by atoms with Crippen molar-refractivity contribution in [3.63, 3.8) is 0 Å². The number of halogens is 3. The van der Waals surface area contributed by atoms with Gasteiger partial charge in [-0.25, -0.2) is 14.8 Å². The highest BCUT2D eigenvalue weighted by Crippen LogP contribution is 2.35. The van der Waals surface area contributed by atoms with Crippen molar-refractivity contribution < 1.29 is 18.0 Å². The maximum atomic E-state index is 13.2. The SMILES string of the molecule is Nc1ccc(-c2cccc(C(F)(F)F)c2)nc1N(C(=O)Nc1ccccn1)C1CCCC1. The average molecular weight is 441 g/mol. The van der Waals surface area contributed by atoms with Gasteiger partial charge in [-0.3, -0.25) is 10.2 Å². The van der Waals surface area contributed by atoms with E-state index >= 15 is 0 Å². The van der Waals surface area contributed by atoms with Gasteiger partial charge in [0, 0.05) is 17.8 Å². The van der Waals surface area contributed by atoms with E-state index in [0.717, 1.165) is 37.8 Å². The van der Waals surface area contributed by atoms with E-state index in [1.807, 2.05) is 0 Å². The number of anilines is 3. The molecule has 1 aliphatic rings. The zero-order valence-corrected chi connectivity index (χ0v) is 17.1. The molecule has 0 spiro atoms. The minimum atomic E-state index is -4.47. The number of carbonyl (C=O) groups is 1. The second-order valence-corrected chi connectivity index (χ2v) is 7.64. The van der Waals surface area contributed by atoms with Gasteiger partial charge >= 0.3 is 12.2 Å². The smallest absolute Gasteiger partial charge is 0.396 e. The molecule has 0 atom stereocenters. The van der Waals surface area contributed by atoms with Gasteiger partial charge < -0.3 is 5.73 Å². The molecule has 2 amide bonds. The van der Waals surface area contributed by atoms with Gasteiger partial charge in [-0.1, -0.05) is 31.0 Å². The van der Waals surface area contributed by atoms with Crippen LogP contribution in [0.25, 0.3) is 11.3 Å². The third-order valence-corrected chi connectivity index (χ3v) is 5.43. The number of nitrogens with two attached hydrogens (primary N) is 1. The first-order valence-corrected chi connectivity index (χ1v) is 10.3. The van der Waals surface area contributed by atoms with Crippen LogP contribution in [0, 0.1) is 0 Å². The summed E-state index contributed by atoms with van der Waals surface area (Å²) in [5.74, 6) is 0.605. The maximum absolute atomic E-state index is 13.2. The molecular weight excluding hydrogens is 419 g/mol. The quantitative estimate of drug-likeness (QED) is 0.542. The number of hydrogen-bond donors (Lipinski definition) is 2. The van der Waals surface area contributed by atoms with E-state index in [-0.39, 0.29) is 23.1 Å². The molecule has 0 unspecified atom stereocenters. The molecular formula is C23H22F3N5O. The zero-order valence-electron chi connectivity index (χ0n) is 17.1. The number of hydrogen-bond acceptors (Lipinski definition) is 4. The van der Waals surface area contributed by atoms with Crippen LogP contribution in [0.4, 0.5) is 35.3 Å². The second-order valence-electron chi connectivity index (χ2n) is 7.64. The lowest BCUT2D eigenvalue weighted by atomic mass is 10.1. The largest absolute Gasteiger partial charge is 0.416 e. The molecule has 9 heteroatoms. The van der Waals surface area contributed by atoms with E-state index in [4.69, 9.17) is 5.73 Å². The number of benzene rings is 1. The van der Waals surface area contributed by atoms with E-state index in [0.29, 0.717) is 11.5 Å². The number of carbonyl (C=O) groups excluding carboxylic acids is 1. The Kier molecular flexibility index (Phi) is 5.98. The lowest BCUT2D eigenvalue weighted by Crippen LogP contribution is -2.43. The fourth-order valence-electron chi connectivity index (χ4n) is 3.87. The first-order valence-electron chi connectivity index (χ1n) is 10.3. The molecule has 3 N–H and O–H groups in total. The summed E-state index contributed by atoms with van der Waals surface area (Å²) in [6.45, 7) is 0. The van der Waals surface area contributed by atoms with E-state index in [1.165, 1.54) is 11.0 Å². The summed E-state index contributed by atoms with van der Waals surface area (Å²) in [5.41, 5.74) is 6.28. The van der Waals surface area contributed by atoms with Crippen LogP contribution in [0.3, 0.4) is 0 Å². The third-order valence-electron chi connectivity index (χ3n) is 5.43. The topological polar surface area (TPSA) is 84.1 Å². The van der Waals surface area contributed by atoms with Crippen LogP contribution in [0.2, 0.25) is 0 Å². The summed E-state index contributed by atoms with van der Waals surface area (Å²) in [7, 11) is 0. The van der Waals surface area contributed by atoms with Crippen molar-refractivity contribution in [2.75, 3.05) is 16.0 Å². The standard InChI is InChI=1S/C23H22F3N5O/c24-23(25,26)16-7-5-6-15(14-16)19-12-11-18(27)21(29-19)31(17-8-1-2-9-17)22(32)30-20-10-3-4-13-28-20/h3-7,10-14,17H,1-2,8-9,27H2,(H,28,30,32). The predicted octanol–water partition coefficient (Wildman–Crippen LogP) is 5.73. The predicted molar refractivity (Wildman–Crippen MR) is 117 cm³/mol. The molecule has 1 fully saturated rings. The molecule has 6 nitrogen and oxygen atoms in total. The number of rotatable bonds is 4. The van der Waals surface area contributed by atoms with Crippen LogP contribution in [0.5, 0.6) is 0 Å². The summed E-state index contributed by atoms with van der Waals surface area (Å²) < 4.78 is 39.5. The van der Waals surface area contributed by atoms with Gasteiger partial charge in [0.25, 0.3) is 0 Å². The number of nitrogens with zero attached hydrogens (tertiary/aromatic N) is 3. The van der Waals surface area contributed by atoms with Crippen molar-refractivity contribution in [3.8, 4) is 11.3 Å². The minimum Gasteiger partial charge on any atom is -0.396 e. The van der Waals surface area contributed by atoms with Crippen molar-refractivity contribution >= 4 is 23.4 Å². The van der Waals surface area contributed by atoms with Crippen molar-refractivity contribution in [3.05, 3.63) is 66.4 Å². The molecule has 1 saturated carbocycles. The summed E-state index contributed by atoms with van der Waals surface area (Å²) in [5, 5.41) is 2.76. The fraction of sp³-hybridized carbons (Fsp3) is 0.261. The molecule has 0 saturated heterocycles. The van der Waals surface area contributed by atoms with E-state index in [1.54, 1.807) is 42.6 Å². The molecule has 2 aromatic heterocycles. The number of nitrogens with one attached hydrogen (secondary N) is 1. The number of nitrogen functional groups attached to an aromatic ring is 1. The summed E-state index contributed by atoms with van der Waals surface area (Å²) in [6.07, 6.45) is 0.590. The van der Waals surface area contributed by atoms with Crippen molar-refractivity contribution in [2.45, 2.75) is 37.9 Å². The van der Waals surface area contributed by atoms with E-state index in [9.17, 15) is 18.0 Å². The number of urea groups is 1. The molecule has 166 valence electrons. The van der Waals surface area contributed by atoms with Gasteiger partial charge in [-0.15, -0.1) is 0 Å². The van der Waals surface area contributed by atoms with Gasteiger partial charge in [0.15, 0.2) is 5.82 Å². The number of pyridine rings is 2. The van der Waals surface area contributed by atoms with E-state index < -0.39 is 17.8 Å². The summed E-state index contributed by atoms with van der Waals surface area (Å²) in [4.78, 5) is 23.4. The van der Waals surface area contributed by atoms with Crippen LogP contribution in [-0.2, 0) is 6.18 Å². The average Bonchev–Trinajstić information content (AvgIpc) is 3.30. The Labute approximate surface area is 183 Å². The summed E-state index contributed by atoms with van der Waals surface area (Å²) in [6, 6.07) is 12.6. The highest BCUT2D eigenvalue weighted by Gasteiger charge is 2.32. The Morgan fingerprint density at radius 1 is 1.06 bits per heavy atom. The highest BCUT2D eigenvalue weighted by molar-refractivity contribution is 6.03. The number of aromatic nitrogens is 2.